The molecule has 0 unspecified atom stereocenters. The monoisotopic (exact) mass is 523 g/mol. The van der Waals surface area contributed by atoms with Crippen molar-refractivity contribution in [3.63, 3.8) is 0 Å². The molecule has 0 fully saturated rings. The summed E-state index contributed by atoms with van der Waals surface area (Å²) < 4.78 is 0. The molecular weight excluding hydrogens is 498 g/mol. The van der Waals surface area contributed by atoms with Crippen LogP contribution in [-0.4, -0.2) is 15.0 Å². The summed E-state index contributed by atoms with van der Waals surface area (Å²) in [4.78, 5) is 12.7. The number of para-hydroxylation sites is 2. The number of H-pyrrole nitrogens is 2. The van der Waals surface area contributed by atoms with E-state index < -0.39 is 0 Å². The highest BCUT2D eigenvalue weighted by Crippen LogP contribution is 2.50. The fraction of sp³-hybridized carbons (Fsp3) is 0.0263. The first-order chi connectivity index (χ1) is 20.3. The predicted octanol–water partition coefficient (Wildman–Crippen LogP) is 10.3. The molecule has 0 saturated heterocycles. The van der Waals surface area contributed by atoms with Gasteiger partial charge in [-0.15, -0.1) is 0 Å². The number of hydrogen-bond acceptors (Lipinski definition) is 1. The van der Waals surface area contributed by atoms with E-state index in [0.717, 1.165) is 27.7 Å². The van der Waals surface area contributed by atoms with E-state index in [4.69, 9.17) is 4.98 Å². The summed E-state index contributed by atoms with van der Waals surface area (Å²) in [6.45, 7) is 2.17. The zero-order chi connectivity index (χ0) is 27.1. The Balaban J connectivity index is 1.62. The lowest BCUT2D eigenvalue weighted by atomic mass is 9.85. The molecule has 3 nitrogen and oxygen atoms in total. The highest BCUT2D eigenvalue weighted by atomic mass is 14.9. The van der Waals surface area contributed by atoms with E-state index in [1.807, 2.05) is 0 Å². The van der Waals surface area contributed by atoms with Gasteiger partial charge in [-0.25, -0.2) is 4.98 Å². The molecule has 0 aliphatic rings. The van der Waals surface area contributed by atoms with E-state index in [-0.39, 0.29) is 0 Å². The molecule has 0 saturated carbocycles. The largest absolute Gasteiger partial charge is 0.354 e. The molecule has 3 heteroatoms. The van der Waals surface area contributed by atoms with Crippen LogP contribution in [0.1, 0.15) is 5.56 Å². The molecule has 6 aromatic carbocycles. The smallest absolute Gasteiger partial charge is 0.139 e. The standard InChI is InChI=1S/C38H25N3/c1-22-19-20-31-28(21-22)34(36-27-16-8-10-18-30(27)40-38(36)41-31)33-25-14-6-5-13-24(25)32(23-11-3-2-4-12-23)37-35(33)26-15-7-9-17-29(26)39-37/h2-21,39H,1H3,(H,40,41). The molecular formula is C38H25N3. The molecule has 0 radical (unpaired) electrons. The maximum atomic E-state index is 5.15. The average Bonchev–Trinajstić information content (AvgIpc) is 3.58. The maximum Gasteiger partial charge on any atom is 0.139 e. The van der Waals surface area contributed by atoms with Crippen LogP contribution in [-0.2, 0) is 0 Å². The van der Waals surface area contributed by atoms with Gasteiger partial charge in [-0.2, -0.15) is 0 Å². The quantitative estimate of drug-likeness (QED) is 0.233. The molecule has 0 bridgehead atoms. The number of aromatic nitrogens is 3. The van der Waals surface area contributed by atoms with Crippen LogP contribution in [0.3, 0.4) is 0 Å². The lowest BCUT2D eigenvalue weighted by molar-refractivity contribution is 1.39. The van der Waals surface area contributed by atoms with Gasteiger partial charge in [0.2, 0.25) is 0 Å². The fourth-order valence-corrected chi connectivity index (χ4v) is 6.87. The van der Waals surface area contributed by atoms with Crippen LogP contribution in [0, 0.1) is 6.92 Å². The van der Waals surface area contributed by atoms with E-state index in [1.165, 1.54) is 65.5 Å². The van der Waals surface area contributed by atoms with Crippen molar-refractivity contribution in [2.45, 2.75) is 6.92 Å². The minimum atomic E-state index is 0.918. The van der Waals surface area contributed by atoms with Gasteiger partial charge < -0.3 is 9.97 Å². The number of aryl methyl sites for hydroxylation is 1. The van der Waals surface area contributed by atoms with Crippen molar-refractivity contribution in [2.24, 2.45) is 0 Å². The number of pyridine rings is 1. The Kier molecular flexibility index (Phi) is 4.53. The Bertz CT molecular complexity index is 2480. The lowest BCUT2D eigenvalue weighted by Gasteiger charge is -2.18. The lowest BCUT2D eigenvalue weighted by Crippen LogP contribution is -1.93. The van der Waals surface area contributed by atoms with Crippen molar-refractivity contribution in [3.8, 4) is 22.3 Å². The molecule has 0 aliphatic heterocycles. The van der Waals surface area contributed by atoms with Gasteiger partial charge in [-0.3, -0.25) is 0 Å². The third kappa shape index (κ3) is 3.12. The number of hydrogen-bond donors (Lipinski definition) is 2. The number of benzene rings is 6. The summed E-state index contributed by atoms with van der Waals surface area (Å²) in [5, 5.41) is 8.49. The van der Waals surface area contributed by atoms with E-state index in [2.05, 4.69) is 138 Å². The summed E-state index contributed by atoms with van der Waals surface area (Å²) in [5.74, 6) is 0. The van der Waals surface area contributed by atoms with Gasteiger partial charge in [0.1, 0.15) is 5.65 Å². The molecule has 9 rings (SSSR count). The Labute approximate surface area is 236 Å². The molecule has 9 aromatic rings. The molecule has 192 valence electrons. The first kappa shape index (κ1) is 22.4. The summed E-state index contributed by atoms with van der Waals surface area (Å²) in [7, 11) is 0. The van der Waals surface area contributed by atoms with Gasteiger partial charge in [0.15, 0.2) is 0 Å². The van der Waals surface area contributed by atoms with E-state index in [0.29, 0.717) is 0 Å². The fourth-order valence-electron chi connectivity index (χ4n) is 6.87. The molecule has 3 heterocycles. The second-order valence-corrected chi connectivity index (χ2v) is 11.0. The van der Waals surface area contributed by atoms with Crippen molar-refractivity contribution >= 4 is 65.4 Å². The molecule has 0 amide bonds. The van der Waals surface area contributed by atoms with E-state index in [9.17, 15) is 0 Å². The summed E-state index contributed by atoms with van der Waals surface area (Å²) >= 11 is 0. The van der Waals surface area contributed by atoms with Gasteiger partial charge >= 0.3 is 0 Å². The SMILES string of the molecule is Cc1ccc2nc3[nH]c4ccccc4c3c(-c3c4ccccc4c(-c4ccccc4)c4[nH]c5ccccc5c34)c2c1. The molecule has 0 aliphatic carbocycles. The summed E-state index contributed by atoms with van der Waals surface area (Å²) in [6.07, 6.45) is 0. The van der Waals surface area contributed by atoms with Crippen LogP contribution in [0.4, 0.5) is 0 Å². The Morgan fingerprint density at radius 3 is 1.83 bits per heavy atom. The average molecular weight is 524 g/mol. The van der Waals surface area contributed by atoms with E-state index in [1.54, 1.807) is 0 Å². The van der Waals surface area contributed by atoms with Gasteiger partial charge in [0, 0.05) is 54.7 Å². The number of rotatable bonds is 2. The van der Waals surface area contributed by atoms with Crippen LogP contribution in [0.2, 0.25) is 0 Å². The minimum absolute atomic E-state index is 0.918. The second kappa shape index (κ2) is 8.30. The van der Waals surface area contributed by atoms with Crippen LogP contribution in [0.15, 0.2) is 121 Å². The van der Waals surface area contributed by atoms with Crippen LogP contribution < -0.4 is 0 Å². The minimum Gasteiger partial charge on any atom is -0.354 e. The van der Waals surface area contributed by atoms with Gasteiger partial charge in [-0.1, -0.05) is 103 Å². The molecule has 0 spiro atoms. The Hall–Kier alpha value is -5.41. The summed E-state index contributed by atoms with van der Waals surface area (Å²) in [5.41, 5.74) is 11.5. The number of fused-ring (bicyclic) bond motifs is 8. The van der Waals surface area contributed by atoms with Crippen molar-refractivity contribution in [2.75, 3.05) is 0 Å². The topological polar surface area (TPSA) is 44.5 Å². The zero-order valence-electron chi connectivity index (χ0n) is 22.5. The van der Waals surface area contributed by atoms with Gasteiger partial charge in [-0.05, 0) is 47.5 Å². The molecule has 2 N–H and O–H groups in total. The zero-order valence-corrected chi connectivity index (χ0v) is 22.5. The van der Waals surface area contributed by atoms with Crippen LogP contribution >= 0.6 is 0 Å². The first-order valence-corrected chi connectivity index (χ1v) is 14.1. The van der Waals surface area contributed by atoms with Crippen molar-refractivity contribution < 1.29 is 0 Å². The second-order valence-electron chi connectivity index (χ2n) is 11.0. The van der Waals surface area contributed by atoms with Gasteiger partial charge in [0.05, 0.1) is 11.0 Å². The van der Waals surface area contributed by atoms with Gasteiger partial charge in [0.25, 0.3) is 0 Å². The van der Waals surface area contributed by atoms with Crippen molar-refractivity contribution in [1.29, 1.82) is 0 Å². The van der Waals surface area contributed by atoms with Crippen molar-refractivity contribution in [3.05, 3.63) is 127 Å². The highest BCUT2D eigenvalue weighted by Gasteiger charge is 2.24. The molecule has 0 atom stereocenters. The Morgan fingerprint density at radius 1 is 0.488 bits per heavy atom. The van der Waals surface area contributed by atoms with Crippen LogP contribution in [0.5, 0.6) is 0 Å². The summed E-state index contributed by atoms with van der Waals surface area (Å²) in [6, 6.07) is 43.6. The van der Waals surface area contributed by atoms with Crippen molar-refractivity contribution in [1.82, 2.24) is 15.0 Å². The highest BCUT2D eigenvalue weighted by molar-refractivity contribution is 6.33. The maximum absolute atomic E-state index is 5.15. The number of aromatic amines is 2. The van der Waals surface area contributed by atoms with E-state index >= 15 is 0 Å². The Morgan fingerprint density at radius 2 is 1.07 bits per heavy atom. The normalized spacial score (nSPS) is 12.0. The molecule has 3 aromatic heterocycles. The first-order valence-electron chi connectivity index (χ1n) is 14.1. The number of nitrogens with zero attached hydrogens (tertiary/aromatic N) is 1. The number of nitrogens with one attached hydrogen (secondary N) is 2. The third-order valence-electron chi connectivity index (χ3n) is 8.57. The predicted molar refractivity (Wildman–Crippen MR) is 174 cm³/mol. The van der Waals surface area contributed by atoms with Crippen LogP contribution in [0.25, 0.3) is 87.7 Å². The molecule has 41 heavy (non-hydrogen) atoms. The third-order valence-corrected chi connectivity index (χ3v) is 8.57.